The van der Waals surface area contributed by atoms with Gasteiger partial charge < -0.3 is 10.6 Å². The van der Waals surface area contributed by atoms with Gasteiger partial charge >= 0.3 is 0 Å². The Balaban J connectivity index is 1.71. The van der Waals surface area contributed by atoms with Crippen LogP contribution in [0.3, 0.4) is 0 Å². The number of benzene rings is 2. The molecule has 2 amide bonds. The molecule has 0 fully saturated rings. The highest BCUT2D eigenvalue weighted by molar-refractivity contribution is 6.05. The minimum absolute atomic E-state index is 0.179. The van der Waals surface area contributed by atoms with E-state index < -0.39 is 0 Å². The van der Waals surface area contributed by atoms with E-state index in [1.807, 2.05) is 37.3 Å². The van der Waals surface area contributed by atoms with Crippen LogP contribution in [0.2, 0.25) is 0 Å². The normalized spacial score (nSPS) is 10.3. The number of hydrogen-bond acceptors (Lipinski definition) is 3. The van der Waals surface area contributed by atoms with Gasteiger partial charge in [0.25, 0.3) is 5.91 Å². The van der Waals surface area contributed by atoms with Crippen molar-refractivity contribution in [1.82, 2.24) is 10.2 Å². The van der Waals surface area contributed by atoms with E-state index in [4.69, 9.17) is 0 Å². The molecule has 0 aliphatic heterocycles. The molecule has 6 heteroatoms. The topological polar surface area (TPSA) is 86.9 Å². The molecule has 0 saturated heterocycles. The van der Waals surface area contributed by atoms with Gasteiger partial charge in [0.2, 0.25) is 5.91 Å². The third kappa shape index (κ3) is 4.11. The van der Waals surface area contributed by atoms with Gasteiger partial charge in [-0.3, -0.25) is 14.7 Å². The number of anilines is 2. The lowest BCUT2D eigenvalue weighted by Gasteiger charge is -2.08. The summed E-state index contributed by atoms with van der Waals surface area (Å²) in [6.45, 7) is 3.37. The minimum Gasteiger partial charge on any atom is -0.326 e. The second-order valence-electron chi connectivity index (χ2n) is 5.73. The van der Waals surface area contributed by atoms with Crippen LogP contribution >= 0.6 is 0 Å². The summed E-state index contributed by atoms with van der Waals surface area (Å²) in [5, 5.41) is 12.6. The Morgan fingerprint density at radius 1 is 0.960 bits per heavy atom. The SMILES string of the molecule is CC(=O)Nc1cccc(C(=O)Nc2ccc(-c3cc(C)[nH]n3)cc2)c1. The number of aromatic nitrogens is 2. The lowest BCUT2D eigenvalue weighted by molar-refractivity contribution is -0.114. The molecular formula is C19H18N4O2. The number of nitrogens with one attached hydrogen (secondary N) is 3. The molecule has 0 atom stereocenters. The van der Waals surface area contributed by atoms with Gasteiger partial charge in [-0.05, 0) is 43.3 Å². The van der Waals surface area contributed by atoms with E-state index in [1.54, 1.807) is 24.3 Å². The molecule has 0 saturated carbocycles. The summed E-state index contributed by atoms with van der Waals surface area (Å²) in [5.74, 6) is -0.419. The highest BCUT2D eigenvalue weighted by Gasteiger charge is 2.08. The smallest absolute Gasteiger partial charge is 0.255 e. The van der Waals surface area contributed by atoms with Crippen LogP contribution in [0.1, 0.15) is 23.0 Å². The fraction of sp³-hybridized carbons (Fsp3) is 0.105. The van der Waals surface area contributed by atoms with Crippen molar-refractivity contribution in [3.05, 3.63) is 65.9 Å². The van der Waals surface area contributed by atoms with E-state index >= 15 is 0 Å². The van der Waals surface area contributed by atoms with Crippen molar-refractivity contribution in [3.8, 4) is 11.3 Å². The molecule has 6 nitrogen and oxygen atoms in total. The lowest BCUT2D eigenvalue weighted by atomic mass is 10.1. The van der Waals surface area contributed by atoms with Crippen LogP contribution in [0.4, 0.5) is 11.4 Å². The Bertz CT molecular complexity index is 913. The first-order chi connectivity index (χ1) is 12.0. The highest BCUT2D eigenvalue weighted by atomic mass is 16.2. The van der Waals surface area contributed by atoms with E-state index in [0.717, 1.165) is 17.0 Å². The summed E-state index contributed by atoms with van der Waals surface area (Å²) in [6.07, 6.45) is 0. The lowest BCUT2D eigenvalue weighted by Crippen LogP contribution is -2.13. The van der Waals surface area contributed by atoms with Gasteiger partial charge in [-0.25, -0.2) is 0 Å². The van der Waals surface area contributed by atoms with Gasteiger partial charge in [0.15, 0.2) is 0 Å². The van der Waals surface area contributed by atoms with Crippen molar-refractivity contribution < 1.29 is 9.59 Å². The monoisotopic (exact) mass is 334 g/mol. The molecule has 1 heterocycles. The van der Waals surface area contributed by atoms with Crippen molar-refractivity contribution in [2.75, 3.05) is 10.6 Å². The predicted molar refractivity (Wildman–Crippen MR) is 97.5 cm³/mol. The number of nitrogens with zero attached hydrogens (tertiary/aromatic N) is 1. The quantitative estimate of drug-likeness (QED) is 0.681. The van der Waals surface area contributed by atoms with Crippen molar-refractivity contribution >= 4 is 23.2 Å². The fourth-order valence-electron chi connectivity index (χ4n) is 2.43. The summed E-state index contributed by atoms with van der Waals surface area (Å²) < 4.78 is 0. The van der Waals surface area contributed by atoms with E-state index in [9.17, 15) is 9.59 Å². The van der Waals surface area contributed by atoms with Crippen LogP contribution in [0, 0.1) is 6.92 Å². The number of carbonyl (C=O) groups is 2. The predicted octanol–water partition coefficient (Wildman–Crippen LogP) is 3.60. The first-order valence-electron chi connectivity index (χ1n) is 7.83. The second kappa shape index (κ2) is 7.00. The van der Waals surface area contributed by atoms with Crippen LogP contribution < -0.4 is 10.6 Å². The Hall–Kier alpha value is -3.41. The molecular weight excluding hydrogens is 316 g/mol. The Morgan fingerprint density at radius 2 is 1.72 bits per heavy atom. The minimum atomic E-state index is -0.240. The molecule has 0 spiro atoms. The molecule has 0 aliphatic rings. The van der Waals surface area contributed by atoms with Crippen molar-refractivity contribution in [1.29, 1.82) is 0 Å². The van der Waals surface area contributed by atoms with Gasteiger partial charge in [-0.15, -0.1) is 0 Å². The summed E-state index contributed by atoms with van der Waals surface area (Å²) in [4.78, 5) is 23.5. The zero-order valence-corrected chi connectivity index (χ0v) is 14.0. The van der Waals surface area contributed by atoms with E-state index in [-0.39, 0.29) is 11.8 Å². The molecule has 25 heavy (non-hydrogen) atoms. The Morgan fingerprint density at radius 3 is 2.36 bits per heavy atom. The van der Waals surface area contributed by atoms with Gasteiger partial charge in [0.05, 0.1) is 5.69 Å². The number of carbonyl (C=O) groups excluding carboxylic acids is 2. The maximum Gasteiger partial charge on any atom is 0.255 e. The first kappa shape index (κ1) is 16.4. The Kier molecular flexibility index (Phi) is 4.61. The van der Waals surface area contributed by atoms with Crippen molar-refractivity contribution in [3.63, 3.8) is 0 Å². The van der Waals surface area contributed by atoms with E-state index in [1.165, 1.54) is 6.92 Å². The fourth-order valence-corrected chi connectivity index (χ4v) is 2.43. The summed E-state index contributed by atoms with van der Waals surface area (Å²) in [6, 6.07) is 16.2. The van der Waals surface area contributed by atoms with Gasteiger partial charge in [0.1, 0.15) is 0 Å². The average molecular weight is 334 g/mol. The van der Waals surface area contributed by atoms with Gasteiger partial charge in [-0.2, -0.15) is 5.10 Å². The molecule has 0 bridgehead atoms. The average Bonchev–Trinajstić information content (AvgIpc) is 3.01. The molecule has 3 aromatic rings. The molecule has 0 radical (unpaired) electrons. The van der Waals surface area contributed by atoms with Crippen LogP contribution in [-0.4, -0.2) is 22.0 Å². The highest BCUT2D eigenvalue weighted by Crippen LogP contribution is 2.20. The third-order valence-corrected chi connectivity index (χ3v) is 3.59. The molecule has 3 N–H and O–H groups in total. The maximum absolute atomic E-state index is 12.4. The summed E-state index contributed by atoms with van der Waals surface area (Å²) in [7, 11) is 0. The number of aromatic amines is 1. The summed E-state index contributed by atoms with van der Waals surface area (Å²) >= 11 is 0. The zero-order chi connectivity index (χ0) is 17.8. The largest absolute Gasteiger partial charge is 0.326 e. The number of rotatable bonds is 4. The molecule has 0 unspecified atom stereocenters. The van der Waals surface area contributed by atoms with Crippen LogP contribution in [0.15, 0.2) is 54.6 Å². The number of aryl methyl sites for hydroxylation is 1. The zero-order valence-electron chi connectivity index (χ0n) is 14.0. The maximum atomic E-state index is 12.4. The van der Waals surface area contributed by atoms with E-state index in [2.05, 4.69) is 20.8 Å². The first-order valence-corrected chi connectivity index (χ1v) is 7.83. The molecule has 3 rings (SSSR count). The number of hydrogen-bond donors (Lipinski definition) is 3. The van der Waals surface area contributed by atoms with Crippen LogP contribution in [0.25, 0.3) is 11.3 Å². The van der Waals surface area contributed by atoms with Crippen LogP contribution in [0.5, 0.6) is 0 Å². The van der Waals surface area contributed by atoms with Gasteiger partial charge in [0, 0.05) is 35.1 Å². The van der Waals surface area contributed by atoms with E-state index in [0.29, 0.717) is 16.9 Å². The third-order valence-electron chi connectivity index (χ3n) is 3.59. The summed E-state index contributed by atoms with van der Waals surface area (Å²) in [5.41, 5.74) is 4.56. The number of amides is 2. The molecule has 126 valence electrons. The van der Waals surface area contributed by atoms with Crippen molar-refractivity contribution in [2.45, 2.75) is 13.8 Å². The number of H-pyrrole nitrogens is 1. The Labute approximate surface area is 145 Å². The molecule has 2 aromatic carbocycles. The molecule has 0 aliphatic carbocycles. The molecule has 1 aromatic heterocycles. The van der Waals surface area contributed by atoms with Crippen LogP contribution in [-0.2, 0) is 4.79 Å². The van der Waals surface area contributed by atoms with Gasteiger partial charge in [-0.1, -0.05) is 18.2 Å². The standard InChI is InChI=1S/C19H18N4O2/c1-12-10-18(23-22-12)14-6-8-16(9-7-14)21-19(25)15-4-3-5-17(11-15)20-13(2)24/h3-11H,1-2H3,(H,20,24)(H,21,25)(H,22,23). The van der Waals surface area contributed by atoms with Crippen molar-refractivity contribution in [2.24, 2.45) is 0 Å². The second-order valence-corrected chi connectivity index (χ2v) is 5.73.